The first-order valence-corrected chi connectivity index (χ1v) is 13.6. The number of rotatable bonds is 7. The Morgan fingerprint density at radius 3 is 2.24 bits per heavy atom. The van der Waals surface area contributed by atoms with Gasteiger partial charge in [0.1, 0.15) is 5.82 Å². The summed E-state index contributed by atoms with van der Waals surface area (Å²) in [6.45, 7) is 6.72. The highest BCUT2D eigenvalue weighted by atomic mass is 19.1. The van der Waals surface area contributed by atoms with Crippen molar-refractivity contribution in [1.29, 1.82) is 0 Å². The van der Waals surface area contributed by atoms with E-state index in [0.717, 1.165) is 65.7 Å². The Labute approximate surface area is 201 Å². The summed E-state index contributed by atoms with van der Waals surface area (Å²) in [5.41, 5.74) is 2.25. The molecule has 0 radical (unpaired) electrons. The monoisotopic (exact) mass is 446 g/mol. The maximum absolute atomic E-state index is 15.5. The Bertz CT molecular complexity index is 952. The van der Waals surface area contributed by atoms with Gasteiger partial charge in [-0.05, 0) is 124 Å². The van der Waals surface area contributed by atoms with E-state index in [2.05, 4.69) is 69.3 Å². The van der Waals surface area contributed by atoms with Gasteiger partial charge >= 0.3 is 0 Å². The van der Waals surface area contributed by atoms with Gasteiger partial charge in [-0.2, -0.15) is 0 Å². The smallest absolute Gasteiger partial charge is 0.134 e. The Kier molecular flexibility index (Phi) is 8.45. The topological polar surface area (TPSA) is 0 Å². The molecule has 1 atom stereocenters. The molecule has 2 fully saturated rings. The molecule has 0 aliphatic heterocycles. The molecule has 0 saturated heterocycles. The molecule has 2 aliphatic carbocycles. The quantitative estimate of drug-likeness (QED) is 0.371. The average Bonchev–Trinajstić information content (AvgIpc) is 2.85. The molecule has 2 aromatic rings. The molecule has 178 valence electrons. The lowest BCUT2D eigenvalue weighted by Crippen LogP contribution is -2.28. The van der Waals surface area contributed by atoms with Gasteiger partial charge in [-0.1, -0.05) is 61.6 Å². The minimum absolute atomic E-state index is 0.0336. The van der Waals surface area contributed by atoms with Gasteiger partial charge in [-0.15, -0.1) is 0 Å². The summed E-state index contributed by atoms with van der Waals surface area (Å²) < 4.78 is 15.5. The Morgan fingerprint density at radius 1 is 0.879 bits per heavy atom. The van der Waals surface area contributed by atoms with E-state index in [-0.39, 0.29) is 5.82 Å². The molecule has 2 saturated carbocycles. The van der Waals surface area contributed by atoms with Crippen molar-refractivity contribution in [3.8, 4) is 0 Å². The minimum atomic E-state index is 0.0336. The summed E-state index contributed by atoms with van der Waals surface area (Å²) in [7, 11) is 0. The lowest BCUT2D eigenvalue weighted by Gasteiger charge is -2.39. The van der Waals surface area contributed by atoms with Crippen molar-refractivity contribution in [2.24, 2.45) is 23.7 Å². The van der Waals surface area contributed by atoms with Crippen LogP contribution in [0.1, 0.15) is 95.6 Å². The Balaban J connectivity index is 1.36. The van der Waals surface area contributed by atoms with Crippen LogP contribution in [0.5, 0.6) is 0 Å². The Hall–Kier alpha value is -1.89. The molecular formula is C32H43F. The lowest BCUT2D eigenvalue weighted by atomic mass is 9.67. The molecule has 0 N–H and O–H groups in total. The summed E-state index contributed by atoms with van der Waals surface area (Å²) in [6.07, 6.45) is 21.3. The van der Waals surface area contributed by atoms with Crippen LogP contribution in [0, 0.1) is 29.5 Å². The number of hydrogen-bond acceptors (Lipinski definition) is 0. The van der Waals surface area contributed by atoms with Gasteiger partial charge in [-0.3, -0.25) is 0 Å². The summed E-state index contributed by atoms with van der Waals surface area (Å²) in [5.74, 6) is 3.78. The van der Waals surface area contributed by atoms with E-state index in [1.807, 2.05) is 6.07 Å². The van der Waals surface area contributed by atoms with Crippen LogP contribution in [0.25, 0.3) is 10.8 Å². The molecule has 1 heteroatoms. The van der Waals surface area contributed by atoms with Crippen molar-refractivity contribution in [1.82, 2.24) is 0 Å². The zero-order valence-electron chi connectivity index (χ0n) is 21.0. The van der Waals surface area contributed by atoms with E-state index < -0.39 is 0 Å². The van der Waals surface area contributed by atoms with Crippen LogP contribution in [0.15, 0.2) is 54.6 Å². The molecule has 0 amide bonds. The predicted octanol–water partition coefficient (Wildman–Crippen LogP) is 9.78. The number of benzene rings is 2. The van der Waals surface area contributed by atoms with Crippen molar-refractivity contribution in [3.63, 3.8) is 0 Å². The number of fused-ring (bicyclic) bond motifs is 1. The molecule has 0 aromatic heterocycles. The number of allylic oxidation sites excluding steroid dienone is 4. The highest BCUT2D eigenvalue weighted by Crippen LogP contribution is 2.45. The number of halogens is 1. The minimum Gasteiger partial charge on any atom is -0.206 e. The zero-order valence-corrected chi connectivity index (χ0v) is 21.0. The van der Waals surface area contributed by atoms with Crippen LogP contribution in [0.2, 0.25) is 0 Å². The third kappa shape index (κ3) is 5.79. The Morgan fingerprint density at radius 2 is 1.58 bits per heavy atom. The highest BCUT2D eigenvalue weighted by Gasteiger charge is 2.33. The maximum atomic E-state index is 15.5. The second-order valence-corrected chi connectivity index (χ2v) is 10.8. The second-order valence-electron chi connectivity index (χ2n) is 10.8. The van der Waals surface area contributed by atoms with Gasteiger partial charge in [0.2, 0.25) is 0 Å². The molecule has 1 unspecified atom stereocenters. The van der Waals surface area contributed by atoms with Gasteiger partial charge in [0.15, 0.2) is 0 Å². The first-order valence-electron chi connectivity index (χ1n) is 13.6. The number of aryl methyl sites for hydroxylation is 1. The highest BCUT2D eigenvalue weighted by molar-refractivity contribution is 5.84. The third-order valence-corrected chi connectivity index (χ3v) is 8.86. The van der Waals surface area contributed by atoms with Crippen LogP contribution in [0.3, 0.4) is 0 Å². The van der Waals surface area contributed by atoms with Crippen molar-refractivity contribution < 1.29 is 4.39 Å². The summed E-state index contributed by atoms with van der Waals surface area (Å²) in [4.78, 5) is 0. The van der Waals surface area contributed by atoms with E-state index in [1.54, 1.807) is 0 Å². The van der Waals surface area contributed by atoms with E-state index >= 15 is 4.39 Å². The summed E-state index contributed by atoms with van der Waals surface area (Å²) >= 11 is 0. The molecule has 0 nitrogen and oxygen atoms in total. The number of hydrogen-bond donors (Lipinski definition) is 0. The van der Waals surface area contributed by atoms with Crippen molar-refractivity contribution in [2.75, 3.05) is 0 Å². The van der Waals surface area contributed by atoms with E-state index in [4.69, 9.17) is 0 Å². The van der Waals surface area contributed by atoms with Crippen LogP contribution in [-0.2, 0) is 6.42 Å². The predicted molar refractivity (Wildman–Crippen MR) is 141 cm³/mol. The van der Waals surface area contributed by atoms with Crippen LogP contribution in [-0.4, -0.2) is 0 Å². The first-order chi connectivity index (χ1) is 16.1. The van der Waals surface area contributed by atoms with Crippen LogP contribution < -0.4 is 0 Å². The maximum Gasteiger partial charge on any atom is 0.134 e. The molecule has 2 aromatic carbocycles. The van der Waals surface area contributed by atoms with E-state index in [0.29, 0.717) is 5.92 Å². The van der Waals surface area contributed by atoms with Crippen LogP contribution >= 0.6 is 0 Å². The average molecular weight is 447 g/mol. The molecular weight excluding hydrogens is 403 g/mol. The zero-order chi connectivity index (χ0) is 23.2. The molecule has 4 rings (SSSR count). The van der Waals surface area contributed by atoms with Gasteiger partial charge < -0.3 is 0 Å². The second kappa shape index (κ2) is 11.5. The van der Waals surface area contributed by atoms with Gasteiger partial charge in [0.05, 0.1) is 0 Å². The summed E-state index contributed by atoms with van der Waals surface area (Å²) in [5, 5.41) is 1.85. The molecule has 0 heterocycles. The fourth-order valence-corrected chi connectivity index (χ4v) is 6.72. The van der Waals surface area contributed by atoms with Crippen LogP contribution in [0.4, 0.5) is 4.39 Å². The molecule has 2 aliphatic rings. The SMILES string of the molecule is C/C=C/CCc1ccc2c(F)c(C3CCC(C(C)C4CCC(/C=C/C)CC4)CC3)ccc2c1. The largest absolute Gasteiger partial charge is 0.206 e. The molecule has 0 bridgehead atoms. The van der Waals surface area contributed by atoms with Gasteiger partial charge in [-0.25, -0.2) is 4.39 Å². The van der Waals surface area contributed by atoms with Gasteiger partial charge in [0, 0.05) is 5.39 Å². The first kappa shape index (κ1) is 24.2. The lowest BCUT2D eigenvalue weighted by molar-refractivity contribution is 0.142. The van der Waals surface area contributed by atoms with E-state index in [9.17, 15) is 0 Å². The van der Waals surface area contributed by atoms with Gasteiger partial charge in [0.25, 0.3) is 0 Å². The summed E-state index contributed by atoms with van der Waals surface area (Å²) in [6, 6.07) is 10.5. The normalized spacial score (nSPS) is 27.5. The van der Waals surface area contributed by atoms with Crippen molar-refractivity contribution >= 4 is 10.8 Å². The molecule has 0 spiro atoms. The fraction of sp³-hybridized carbons (Fsp3) is 0.562. The molecule has 33 heavy (non-hydrogen) atoms. The van der Waals surface area contributed by atoms with Crippen molar-refractivity contribution in [2.45, 2.75) is 90.9 Å². The standard InChI is InChI=1S/C32H43F/c1-4-6-7-9-25-12-20-31-29(22-25)19-21-30(32(31)33)28-17-15-27(16-18-28)23(3)26-13-10-24(8-5-2)11-14-26/h4-6,8,12,19-24,26-28H,7,9-11,13-18H2,1-3H3/b6-4+,8-5+. The van der Waals surface area contributed by atoms with E-state index in [1.165, 1.54) is 44.1 Å². The third-order valence-electron chi connectivity index (χ3n) is 8.86. The fourth-order valence-electron chi connectivity index (χ4n) is 6.72. The van der Waals surface area contributed by atoms with Crippen molar-refractivity contribution in [3.05, 3.63) is 71.6 Å².